The predicted octanol–water partition coefficient (Wildman–Crippen LogP) is 5.00. The molecule has 32 heavy (non-hydrogen) atoms. The molecule has 0 radical (unpaired) electrons. The smallest absolute Gasteiger partial charge is 0.265 e. The highest BCUT2D eigenvalue weighted by molar-refractivity contribution is 8.14. The zero-order valence-electron chi connectivity index (χ0n) is 18.0. The van der Waals surface area contributed by atoms with Crippen LogP contribution in [0, 0.1) is 0 Å². The van der Waals surface area contributed by atoms with Crippen molar-refractivity contribution in [2.45, 2.75) is 61.2 Å². The van der Waals surface area contributed by atoms with Crippen molar-refractivity contribution in [3.8, 4) is 11.5 Å². The maximum Gasteiger partial charge on any atom is 0.265 e. The summed E-state index contributed by atoms with van der Waals surface area (Å²) in [6, 6.07) is 7.05. The van der Waals surface area contributed by atoms with Crippen LogP contribution in [0.1, 0.15) is 47.9 Å². The topological polar surface area (TPSA) is 86.7 Å². The second-order valence-corrected chi connectivity index (χ2v) is 12.8. The molecule has 0 spiro atoms. The first-order valence-electron chi connectivity index (χ1n) is 10.3. The molecule has 0 aromatic heterocycles. The number of benzene rings is 2. The van der Waals surface area contributed by atoms with Crippen LogP contribution in [0.25, 0.3) is 0 Å². The molecule has 0 heterocycles. The zero-order valence-corrected chi connectivity index (χ0v) is 21.1. The number of halogens is 2. The summed E-state index contributed by atoms with van der Waals surface area (Å²) in [5.41, 5.74) is 4.16. The summed E-state index contributed by atoms with van der Waals surface area (Å²) < 4.78 is 56.1. The van der Waals surface area contributed by atoms with Crippen molar-refractivity contribution in [2.24, 2.45) is 0 Å². The van der Waals surface area contributed by atoms with Crippen molar-refractivity contribution in [1.29, 1.82) is 0 Å². The molecule has 0 fully saturated rings. The first-order chi connectivity index (χ1) is 15.1. The summed E-state index contributed by atoms with van der Waals surface area (Å²) in [7, 11) is 6.29. The maximum atomic E-state index is 11.6. The van der Waals surface area contributed by atoms with E-state index >= 15 is 0 Å². The van der Waals surface area contributed by atoms with Crippen LogP contribution in [0.3, 0.4) is 0 Å². The molecule has 2 aliphatic carbocycles. The van der Waals surface area contributed by atoms with Crippen molar-refractivity contribution in [3.63, 3.8) is 0 Å². The molecule has 176 valence electrons. The quantitative estimate of drug-likeness (QED) is 0.527. The highest BCUT2D eigenvalue weighted by Crippen LogP contribution is 2.36. The number of fused-ring (bicyclic) bond motifs is 2. The number of hydrogen-bond acceptors (Lipinski definition) is 6. The monoisotopic (exact) mass is 520 g/mol. The molecule has 0 N–H and O–H groups in total. The Hall–Kier alpha value is -1.48. The van der Waals surface area contributed by atoms with Gasteiger partial charge in [0.25, 0.3) is 18.1 Å². The van der Waals surface area contributed by atoms with E-state index < -0.39 is 18.1 Å². The Morgan fingerprint density at radius 2 is 1.22 bits per heavy atom. The summed E-state index contributed by atoms with van der Waals surface area (Å²) in [5.74, 6) is 0.686. The number of methoxy groups -OCH3 is 2. The molecule has 10 heteroatoms. The molecule has 0 saturated carbocycles. The lowest BCUT2D eigenvalue weighted by Crippen LogP contribution is -2.09. The standard InChI is InChI=1S/2C11H13ClO3S/c1-15-10-6-8-4-2-3-5-9(8)7-11(10)16(12,13)14;1-15-10-7-6-8-4-2-3-5-9(8)11(10)16(12,13)14/h2*6-7H,2-5H2,1H3. The van der Waals surface area contributed by atoms with E-state index in [9.17, 15) is 16.8 Å². The summed E-state index contributed by atoms with van der Waals surface area (Å²) in [5, 5.41) is 0. The van der Waals surface area contributed by atoms with Gasteiger partial charge in [0, 0.05) is 21.4 Å². The van der Waals surface area contributed by atoms with E-state index in [2.05, 4.69) is 0 Å². The highest BCUT2D eigenvalue weighted by atomic mass is 35.7. The fourth-order valence-electron chi connectivity index (χ4n) is 4.29. The van der Waals surface area contributed by atoms with Gasteiger partial charge in [-0.15, -0.1) is 0 Å². The Morgan fingerprint density at radius 3 is 1.75 bits per heavy atom. The number of rotatable bonds is 4. The van der Waals surface area contributed by atoms with Crippen LogP contribution in [-0.4, -0.2) is 31.1 Å². The average molecular weight is 521 g/mol. The number of hydrogen-bond donors (Lipinski definition) is 0. The van der Waals surface area contributed by atoms with Gasteiger partial charge in [0.05, 0.1) is 14.2 Å². The molecule has 0 amide bonds. The molecule has 0 aliphatic heterocycles. The predicted molar refractivity (Wildman–Crippen MR) is 125 cm³/mol. The zero-order chi connectivity index (χ0) is 23.5. The molecular weight excluding hydrogens is 495 g/mol. The minimum Gasteiger partial charge on any atom is -0.495 e. The van der Waals surface area contributed by atoms with Gasteiger partial charge in [-0.2, -0.15) is 0 Å². The van der Waals surface area contributed by atoms with E-state index in [0.29, 0.717) is 11.5 Å². The van der Waals surface area contributed by atoms with Crippen LogP contribution in [0.5, 0.6) is 11.5 Å². The Morgan fingerprint density at radius 1 is 0.688 bits per heavy atom. The Bertz CT molecular complexity index is 1200. The van der Waals surface area contributed by atoms with Crippen molar-refractivity contribution in [3.05, 3.63) is 46.5 Å². The van der Waals surface area contributed by atoms with E-state index in [0.717, 1.165) is 68.1 Å². The van der Waals surface area contributed by atoms with Crippen LogP contribution >= 0.6 is 21.4 Å². The van der Waals surface area contributed by atoms with Crippen LogP contribution in [-0.2, 0) is 43.8 Å². The fraction of sp³-hybridized carbons (Fsp3) is 0.455. The van der Waals surface area contributed by atoms with Crippen molar-refractivity contribution < 1.29 is 26.3 Å². The largest absolute Gasteiger partial charge is 0.495 e. The molecular formula is C22H26Cl2O6S2. The van der Waals surface area contributed by atoms with Gasteiger partial charge >= 0.3 is 0 Å². The van der Waals surface area contributed by atoms with Gasteiger partial charge in [-0.3, -0.25) is 0 Å². The molecule has 0 saturated heterocycles. The molecule has 2 aromatic rings. The van der Waals surface area contributed by atoms with Crippen LogP contribution in [0.2, 0.25) is 0 Å². The molecule has 4 rings (SSSR count). The normalized spacial score (nSPS) is 15.6. The van der Waals surface area contributed by atoms with E-state index in [1.165, 1.54) is 19.8 Å². The van der Waals surface area contributed by atoms with E-state index in [1.807, 2.05) is 6.07 Å². The first-order valence-corrected chi connectivity index (χ1v) is 15.0. The van der Waals surface area contributed by atoms with Gasteiger partial charge in [0.1, 0.15) is 21.3 Å². The van der Waals surface area contributed by atoms with Crippen molar-refractivity contribution >= 4 is 39.5 Å². The lowest BCUT2D eigenvalue weighted by Gasteiger charge is -2.19. The van der Waals surface area contributed by atoms with Gasteiger partial charge < -0.3 is 9.47 Å². The Balaban J connectivity index is 0.000000181. The lowest BCUT2D eigenvalue weighted by molar-refractivity contribution is 0.400. The SMILES string of the molecule is COc1cc2c(cc1S(=O)(=O)Cl)CCCC2.COc1ccc2c(c1S(=O)(=O)Cl)CCCC2. The van der Waals surface area contributed by atoms with Gasteiger partial charge in [-0.1, -0.05) is 6.07 Å². The Labute approximate surface area is 198 Å². The summed E-state index contributed by atoms with van der Waals surface area (Å²) >= 11 is 0. The average Bonchev–Trinajstić information content (AvgIpc) is 2.76. The van der Waals surface area contributed by atoms with Gasteiger partial charge in [0.2, 0.25) is 0 Å². The molecule has 0 unspecified atom stereocenters. The van der Waals surface area contributed by atoms with E-state index in [1.54, 1.807) is 18.2 Å². The van der Waals surface area contributed by atoms with Gasteiger partial charge in [-0.25, -0.2) is 16.8 Å². The second kappa shape index (κ2) is 10.2. The number of ether oxygens (including phenoxy) is 2. The molecule has 0 bridgehead atoms. The minimum atomic E-state index is -3.74. The number of aryl methyl sites for hydroxylation is 3. The fourth-order valence-corrected chi connectivity index (χ4v) is 6.75. The maximum absolute atomic E-state index is 11.6. The summed E-state index contributed by atoms with van der Waals surface area (Å²) in [6.07, 6.45) is 7.91. The van der Waals surface area contributed by atoms with Gasteiger partial charge in [0.15, 0.2) is 0 Å². The van der Waals surface area contributed by atoms with Crippen LogP contribution in [0.4, 0.5) is 0 Å². The summed E-state index contributed by atoms with van der Waals surface area (Å²) in [4.78, 5) is 0.242. The molecule has 2 aromatic carbocycles. The molecule has 0 atom stereocenters. The minimum absolute atomic E-state index is 0.0808. The molecule has 6 nitrogen and oxygen atoms in total. The lowest BCUT2D eigenvalue weighted by atomic mass is 9.91. The van der Waals surface area contributed by atoms with Crippen LogP contribution < -0.4 is 9.47 Å². The highest BCUT2D eigenvalue weighted by Gasteiger charge is 2.25. The van der Waals surface area contributed by atoms with Crippen molar-refractivity contribution in [2.75, 3.05) is 14.2 Å². The third-order valence-corrected chi connectivity index (χ3v) is 8.54. The van der Waals surface area contributed by atoms with Crippen molar-refractivity contribution in [1.82, 2.24) is 0 Å². The van der Waals surface area contributed by atoms with E-state index in [-0.39, 0.29) is 9.79 Å². The third kappa shape index (κ3) is 5.71. The summed E-state index contributed by atoms with van der Waals surface area (Å²) in [6.45, 7) is 0. The Kier molecular flexibility index (Phi) is 8.02. The first kappa shape index (κ1) is 25.1. The van der Waals surface area contributed by atoms with E-state index in [4.69, 9.17) is 30.8 Å². The van der Waals surface area contributed by atoms with Gasteiger partial charge in [-0.05, 0) is 91.8 Å². The van der Waals surface area contributed by atoms with Crippen LogP contribution in [0.15, 0.2) is 34.1 Å². The second-order valence-electron chi connectivity index (χ2n) is 7.80. The molecule has 2 aliphatic rings. The third-order valence-electron chi connectivity index (χ3n) is 5.80.